The van der Waals surface area contributed by atoms with Gasteiger partial charge in [-0.1, -0.05) is 82.2 Å². The van der Waals surface area contributed by atoms with E-state index in [0.717, 1.165) is 36.6 Å². The molecule has 3 nitrogen and oxygen atoms in total. The van der Waals surface area contributed by atoms with Crippen molar-refractivity contribution < 1.29 is 9.53 Å². The van der Waals surface area contributed by atoms with Gasteiger partial charge in [-0.05, 0) is 42.0 Å². The highest BCUT2D eigenvalue weighted by atomic mass is 16.5. The van der Waals surface area contributed by atoms with E-state index in [0.29, 0.717) is 18.1 Å². The van der Waals surface area contributed by atoms with E-state index in [2.05, 4.69) is 50.0 Å². The molecule has 2 aromatic carbocycles. The fourth-order valence-electron chi connectivity index (χ4n) is 3.77. The van der Waals surface area contributed by atoms with E-state index in [4.69, 9.17) is 4.74 Å². The first-order valence-corrected chi connectivity index (χ1v) is 11.1. The molecule has 1 atom stereocenters. The van der Waals surface area contributed by atoms with Crippen LogP contribution in [0.3, 0.4) is 0 Å². The first-order chi connectivity index (χ1) is 14.6. The molecule has 0 radical (unpaired) electrons. The lowest BCUT2D eigenvalue weighted by Gasteiger charge is -2.18. The lowest BCUT2D eigenvalue weighted by molar-refractivity contribution is 0.0654. The number of H-pyrrole nitrogens is 1. The number of ether oxygens (including phenoxy) is 1. The topological polar surface area (TPSA) is 42.1 Å². The van der Waals surface area contributed by atoms with Crippen LogP contribution >= 0.6 is 0 Å². The molecule has 1 unspecified atom stereocenters. The van der Waals surface area contributed by atoms with Crippen molar-refractivity contribution >= 4 is 16.7 Å². The van der Waals surface area contributed by atoms with E-state index in [1.165, 1.54) is 11.1 Å². The molecule has 0 saturated carbocycles. The summed E-state index contributed by atoms with van der Waals surface area (Å²) in [5, 5.41) is 0.954. The maximum Gasteiger partial charge on any atom is 0.187 e. The first kappa shape index (κ1) is 22.0. The van der Waals surface area contributed by atoms with Crippen molar-refractivity contribution in [2.24, 2.45) is 5.92 Å². The molecule has 1 heterocycles. The summed E-state index contributed by atoms with van der Waals surface area (Å²) in [6.45, 7) is 7.11. The molecular formula is C27H33NO2. The molecule has 0 saturated heterocycles. The van der Waals surface area contributed by atoms with E-state index in [1.807, 2.05) is 30.3 Å². The average molecular weight is 404 g/mol. The summed E-state index contributed by atoms with van der Waals surface area (Å²) in [6.07, 6.45) is 9.64. The molecule has 30 heavy (non-hydrogen) atoms. The van der Waals surface area contributed by atoms with Crippen molar-refractivity contribution in [3.05, 3.63) is 83.6 Å². The molecule has 0 aliphatic rings. The largest absolute Gasteiger partial charge is 0.369 e. The van der Waals surface area contributed by atoms with Gasteiger partial charge in [-0.15, -0.1) is 0 Å². The molecule has 1 N–H and O–H groups in total. The maximum atomic E-state index is 12.6. The number of benzene rings is 2. The molecule has 0 amide bonds. The Morgan fingerprint density at radius 2 is 1.87 bits per heavy atom. The van der Waals surface area contributed by atoms with Crippen LogP contribution in [0, 0.1) is 5.92 Å². The molecule has 3 heteroatoms. The van der Waals surface area contributed by atoms with Crippen LogP contribution in [-0.4, -0.2) is 17.4 Å². The van der Waals surface area contributed by atoms with Crippen LogP contribution in [0.5, 0.6) is 0 Å². The van der Waals surface area contributed by atoms with Crippen molar-refractivity contribution in [3.63, 3.8) is 0 Å². The number of allylic oxidation sites excluding steroid dienone is 1. The minimum Gasteiger partial charge on any atom is -0.369 e. The Morgan fingerprint density at radius 3 is 2.60 bits per heavy atom. The summed E-state index contributed by atoms with van der Waals surface area (Å²) in [6, 6.07) is 16.7. The second-order valence-corrected chi connectivity index (χ2v) is 8.32. The van der Waals surface area contributed by atoms with E-state index in [9.17, 15) is 4.79 Å². The lowest BCUT2D eigenvalue weighted by Crippen LogP contribution is -2.06. The Hall–Kier alpha value is -2.65. The molecule has 1 aromatic heterocycles. The fourth-order valence-corrected chi connectivity index (χ4v) is 3.77. The minimum absolute atomic E-state index is 0.000744. The minimum atomic E-state index is -0.000744. The lowest BCUT2D eigenvalue weighted by atomic mass is 9.98. The highest BCUT2D eigenvalue weighted by Crippen LogP contribution is 2.25. The maximum absolute atomic E-state index is 12.6. The normalized spacial score (nSPS) is 12.8. The highest BCUT2D eigenvalue weighted by molar-refractivity contribution is 6.13. The second kappa shape index (κ2) is 10.9. The molecule has 0 fully saturated rings. The fraction of sp³-hybridized carbons (Fsp3) is 0.370. The second-order valence-electron chi connectivity index (χ2n) is 8.32. The summed E-state index contributed by atoms with van der Waals surface area (Å²) in [5.74, 6) is 0.655. The molecular weight excluding hydrogens is 370 g/mol. The quantitative estimate of drug-likeness (QED) is 0.275. The molecule has 3 aromatic rings. The summed E-state index contributed by atoms with van der Waals surface area (Å²) in [4.78, 5) is 15.7. The molecule has 0 spiro atoms. The Morgan fingerprint density at radius 1 is 1.10 bits per heavy atom. The number of carbonyl (C=O) groups excluding carboxylic acids is 1. The van der Waals surface area contributed by atoms with Crippen molar-refractivity contribution in [1.82, 2.24) is 4.98 Å². The third kappa shape index (κ3) is 5.93. The number of fused-ring (bicyclic) bond motifs is 1. The summed E-state index contributed by atoms with van der Waals surface area (Å²) in [7, 11) is 0. The summed E-state index contributed by atoms with van der Waals surface area (Å²) < 4.78 is 6.16. The molecule has 3 rings (SSSR count). The van der Waals surface area contributed by atoms with E-state index in [-0.39, 0.29) is 11.9 Å². The smallest absolute Gasteiger partial charge is 0.187 e. The zero-order valence-electron chi connectivity index (χ0n) is 18.4. The first-order valence-electron chi connectivity index (χ1n) is 11.1. The van der Waals surface area contributed by atoms with Gasteiger partial charge in [-0.2, -0.15) is 0 Å². The van der Waals surface area contributed by atoms with Gasteiger partial charge in [-0.25, -0.2) is 0 Å². The third-order valence-corrected chi connectivity index (χ3v) is 5.33. The van der Waals surface area contributed by atoms with Gasteiger partial charge in [0.25, 0.3) is 0 Å². The van der Waals surface area contributed by atoms with Gasteiger partial charge in [0.1, 0.15) is 0 Å². The van der Waals surface area contributed by atoms with Crippen molar-refractivity contribution in [2.45, 2.75) is 52.6 Å². The van der Waals surface area contributed by atoms with Gasteiger partial charge in [0.15, 0.2) is 5.78 Å². The van der Waals surface area contributed by atoms with Gasteiger partial charge >= 0.3 is 0 Å². The van der Waals surface area contributed by atoms with Gasteiger partial charge < -0.3 is 9.72 Å². The number of para-hydroxylation sites is 1. The van der Waals surface area contributed by atoms with Crippen LogP contribution in [0.2, 0.25) is 0 Å². The number of aromatic nitrogens is 1. The van der Waals surface area contributed by atoms with Crippen LogP contribution in [0.4, 0.5) is 0 Å². The predicted octanol–water partition coefficient (Wildman–Crippen LogP) is 7.05. The van der Waals surface area contributed by atoms with Crippen LogP contribution in [-0.2, 0) is 11.2 Å². The summed E-state index contributed by atoms with van der Waals surface area (Å²) >= 11 is 0. The van der Waals surface area contributed by atoms with E-state index < -0.39 is 0 Å². The van der Waals surface area contributed by atoms with Gasteiger partial charge in [0, 0.05) is 22.7 Å². The zero-order chi connectivity index (χ0) is 21.3. The number of nitrogens with one attached hydrogen (secondary N) is 1. The number of ketones is 1. The molecule has 158 valence electrons. The molecule has 0 aliphatic carbocycles. The van der Waals surface area contributed by atoms with Gasteiger partial charge in [0.05, 0.1) is 12.7 Å². The van der Waals surface area contributed by atoms with E-state index >= 15 is 0 Å². The van der Waals surface area contributed by atoms with Crippen molar-refractivity contribution in [3.8, 4) is 0 Å². The van der Waals surface area contributed by atoms with Gasteiger partial charge in [0.2, 0.25) is 0 Å². The number of hydrogen-bond acceptors (Lipinski definition) is 2. The Labute approximate surface area is 180 Å². The standard InChI is InChI=1S/C27H33NO2/c1-4-5-12-27(22-15-13-21(14-16-22)18-20(2)3)30-17-8-11-26(29)24-19-28-25-10-7-6-9-23(24)25/h6-11,13-16,19-20,27-28H,4-5,12,17-18H2,1-3H3. The Kier molecular flexibility index (Phi) is 8.04. The average Bonchev–Trinajstić information content (AvgIpc) is 3.18. The SMILES string of the molecule is CCCCC(OCC=CC(=O)c1c[nH]c2ccccc12)c1ccc(CC(C)C)cc1. The molecule has 0 aliphatic heterocycles. The number of unbranched alkanes of at least 4 members (excludes halogenated alkanes) is 1. The van der Waals surface area contributed by atoms with Crippen LogP contribution in [0.25, 0.3) is 10.9 Å². The van der Waals surface area contributed by atoms with Crippen LogP contribution in [0.15, 0.2) is 66.9 Å². The highest BCUT2D eigenvalue weighted by Gasteiger charge is 2.12. The third-order valence-electron chi connectivity index (χ3n) is 5.33. The monoisotopic (exact) mass is 403 g/mol. The number of hydrogen-bond donors (Lipinski definition) is 1. The van der Waals surface area contributed by atoms with Crippen molar-refractivity contribution in [2.75, 3.05) is 6.61 Å². The molecule has 0 bridgehead atoms. The predicted molar refractivity (Wildman–Crippen MR) is 125 cm³/mol. The number of aromatic amines is 1. The van der Waals surface area contributed by atoms with Crippen LogP contribution in [0.1, 0.15) is 67.6 Å². The Bertz CT molecular complexity index is 966. The summed E-state index contributed by atoms with van der Waals surface area (Å²) in [5.41, 5.74) is 4.26. The van der Waals surface area contributed by atoms with Crippen molar-refractivity contribution in [1.29, 1.82) is 0 Å². The van der Waals surface area contributed by atoms with Crippen LogP contribution < -0.4 is 0 Å². The zero-order valence-corrected chi connectivity index (χ0v) is 18.4. The Balaban J connectivity index is 1.60. The van der Waals surface area contributed by atoms with E-state index in [1.54, 1.807) is 12.3 Å². The van der Waals surface area contributed by atoms with Gasteiger partial charge in [-0.3, -0.25) is 4.79 Å². The number of carbonyl (C=O) groups is 1. The number of rotatable bonds is 11.